The van der Waals surface area contributed by atoms with Crippen LogP contribution in [-0.2, 0) is 14.8 Å². The third-order valence-electron chi connectivity index (χ3n) is 4.27. The highest BCUT2D eigenvalue weighted by Gasteiger charge is 2.18. The molecule has 0 spiro atoms. The molecule has 0 heterocycles. The van der Waals surface area contributed by atoms with E-state index in [1.54, 1.807) is 0 Å². The molecule has 0 saturated heterocycles. The van der Waals surface area contributed by atoms with Gasteiger partial charge in [-0.3, -0.25) is 14.9 Å². The SMILES string of the molecule is CCC(CC(=O)NCCNS(=O)(=O)c1cccc([N+](=O)[O-])c1)c1ccccc1. The third-order valence-corrected chi connectivity index (χ3v) is 5.73. The first-order valence-electron chi connectivity index (χ1n) is 8.89. The van der Waals surface area contributed by atoms with Gasteiger partial charge in [0.1, 0.15) is 0 Å². The highest BCUT2D eigenvalue weighted by atomic mass is 32.2. The molecular formula is C19H23N3O5S. The maximum absolute atomic E-state index is 12.2. The number of amides is 1. The quantitative estimate of drug-likeness (QED) is 0.358. The van der Waals surface area contributed by atoms with Crippen LogP contribution in [0.2, 0.25) is 0 Å². The third kappa shape index (κ3) is 6.14. The second kappa shape index (κ2) is 9.95. The van der Waals surface area contributed by atoms with Crippen LogP contribution in [0.4, 0.5) is 5.69 Å². The van der Waals surface area contributed by atoms with Crippen molar-refractivity contribution in [3.63, 3.8) is 0 Å². The lowest BCUT2D eigenvalue weighted by Gasteiger charge is -2.15. The summed E-state index contributed by atoms with van der Waals surface area (Å²) in [7, 11) is -3.89. The van der Waals surface area contributed by atoms with Crippen LogP contribution in [-0.4, -0.2) is 32.3 Å². The largest absolute Gasteiger partial charge is 0.355 e. The molecule has 1 amide bonds. The van der Waals surface area contributed by atoms with Crippen LogP contribution in [0.25, 0.3) is 0 Å². The number of sulfonamides is 1. The van der Waals surface area contributed by atoms with Crippen LogP contribution < -0.4 is 10.0 Å². The molecular weight excluding hydrogens is 382 g/mol. The smallest absolute Gasteiger partial charge is 0.270 e. The zero-order chi connectivity index (χ0) is 20.6. The van der Waals surface area contributed by atoms with Gasteiger partial charge in [0.05, 0.1) is 9.82 Å². The summed E-state index contributed by atoms with van der Waals surface area (Å²) in [6.07, 6.45) is 1.13. The maximum atomic E-state index is 12.2. The molecule has 0 aromatic heterocycles. The highest BCUT2D eigenvalue weighted by molar-refractivity contribution is 7.89. The Labute approximate surface area is 164 Å². The summed E-state index contributed by atoms with van der Waals surface area (Å²) in [5.74, 6) is -0.0620. The molecule has 0 fully saturated rings. The maximum Gasteiger partial charge on any atom is 0.270 e. The van der Waals surface area contributed by atoms with E-state index < -0.39 is 14.9 Å². The molecule has 0 bridgehead atoms. The predicted octanol–water partition coefficient (Wildman–Crippen LogP) is 2.57. The molecule has 28 heavy (non-hydrogen) atoms. The summed E-state index contributed by atoms with van der Waals surface area (Å²) >= 11 is 0. The van der Waals surface area contributed by atoms with Gasteiger partial charge >= 0.3 is 0 Å². The van der Waals surface area contributed by atoms with Gasteiger partial charge < -0.3 is 5.32 Å². The van der Waals surface area contributed by atoms with Crippen LogP contribution in [0, 0.1) is 10.1 Å². The standard InChI is InChI=1S/C19H23N3O5S/c1-2-15(16-7-4-3-5-8-16)13-19(23)20-11-12-21-28(26,27)18-10-6-9-17(14-18)22(24)25/h3-10,14-15,21H,2,11-13H2,1H3,(H,20,23). The minimum Gasteiger partial charge on any atom is -0.355 e. The molecule has 9 heteroatoms. The molecule has 2 aromatic carbocycles. The Kier molecular flexibility index (Phi) is 7.65. The van der Waals surface area contributed by atoms with Crippen molar-refractivity contribution in [2.45, 2.75) is 30.6 Å². The highest BCUT2D eigenvalue weighted by Crippen LogP contribution is 2.22. The first-order valence-corrected chi connectivity index (χ1v) is 10.4. The van der Waals surface area contributed by atoms with Crippen LogP contribution in [0.5, 0.6) is 0 Å². The second-order valence-electron chi connectivity index (χ2n) is 6.22. The van der Waals surface area contributed by atoms with Gasteiger partial charge in [0, 0.05) is 31.6 Å². The van der Waals surface area contributed by atoms with Crippen LogP contribution in [0.15, 0.2) is 59.5 Å². The van der Waals surface area contributed by atoms with Crippen LogP contribution in [0.3, 0.4) is 0 Å². The van der Waals surface area contributed by atoms with Gasteiger partial charge in [-0.25, -0.2) is 13.1 Å². The Morgan fingerprint density at radius 2 is 1.82 bits per heavy atom. The van der Waals surface area contributed by atoms with E-state index in [4.69, 9.17) is 0 Å². The molecule has 0 aliphatic carbocycles. The number of hydrogen-bond acceptors (Lipinski definition) is 5. The molecule has 0 saturated carbocycles. The minimum atomic E-state index is -3.89. The summed E-state index contributed by atoms with van der Waals surface area (Å²) in [4.78, 5) is 22.1. The van der Waals surface area contributed by atoms with Crippen molar-refractivity contribution in [2.75, 3.05) is 13.1 Å². The lowest BCUT2D eigenvalue weighted by molar-refractivity contribution is -0.385. The summed E-state index contributed by atoms with van der Waals surface area (Å²) in [6.45, 7) is 2.12. The average Bonchev–Trinajstić information content (AvgIpc) is 2.70. The zero-order valence-electron chi connectivity index (χ0n) is 15.5. The Hall–Kier alpha value is -2.78. The average molecular weight is 405 g/mol. The number of rotatable bonds is 10. The normalized spacial score (nSPS) is 12.3. The van der Waals surface area contributed by atoms with E-state index in [-0.39, 0.29) is 35.5 Å². The van der Waals surface area contributed by atoms with E-state index >= 15 is 0 Å². The summed E-state index contributed by atoms with van der Waals surface area (Å²) in [5.41, 5.74) is 0.786. The Morgan fingerprint density at radius 3 is 2.46 bits per heavy atom. The van der Waals surface area contributed by atoms with Gasteiger partial charge in [-0.1, -0.05) is 43.3 Å². The molecule has 1 atom stereocenters. The molecule has 0 radical (unpaired) electrons. The topological polar surface area (TPSA) is 118 Å². The monoisotopic (exact) mass is 405 g/mol. The fourth-order valence-corrected chi connectivity index (χ4v) is 3.83. The number of nitro benzene ring substituents is 1. The fraction of sp³-hybridized carbons (Fsp3) is 0.316. The van der Waals surface area contributed by atoms with E-state index in [1.165, 1.54) is 18.2 Å². The van der Waals surface area contributed by atoms with Crippen molar-refractivity contribution in [2.24, 2.45) is 0 Å². The van der Waals surface area contributed by atoms with Gasteiger partial charge in [0.25, 0.3) is 5.69 Å². The Balaban J connectivity index is 1.83. The number of nitrogens with zero attached hydrogens (tertiary/aromatic N) is 1. The lowest BCUT2D eigenvalue weighted by atomic mass is 9.93. The van der Waals surface area contributed by atoms with Crippen molar-refractivity contribution < 1.29 is 18.1 Å². The van der Waals surface area contributed by atoms with Gasteiger partial charge in [-0.15, -0.1) is 0 Å². The van der Waals surface area contributed by atoms with Gasteiger partial charge in [-0.05, 0) is 24.0 Å². The number of benzene rings is 2. The molecule has 8 nitrogen and oxygen atoms in total. The molecule has 2 rings (SSSR count). The molecule has 150 valence electrons. The van der Waals surface area contributed by atoms with Crippen molar-refractivity contribution in [3.8, 4) is 0 Å². The number of carbonyl (C=O) groups excluding carboxylic acids is 1. The molecule has 2 N–H and O–H groups in total. The molecule has 2 aromatic rings. The van der Waals surface area contributed by atoms with E-state index in [0.717, 1.165) is 18.1 Å². The van der Waals surface area contributed by atoms with Gasteiger partial charge in [0.15, 0.2) is 0 Å². The number of non-ortho nitro benzene ring substituents is 1. The van der Waals surface area contributed by atoms with Crippen molar-refractivity contribution in [1.82, 2.24) is 10.0 Å². The number of hydrogen-bond donors (Lipinski definition) is 2. The van der Waals surface area contributed by atoms with Crippen LogP contribution in [0.1, 0.15) is 31.2 Å². The van der Waals surface area contributed by atoms with Gasteiger partial charge in [-0.2, -0.15) is 0 Å². The van der Waals surface area contributed by atoms with Crippen LogP contribution >= 0.6 is 0 Å². The van der Waals surface area contributed by atoms with Crippen molar-refractivity contribution >= 4 is 21.6 Å². The zero-order valence-corrected chi connectivity index (χ0v) is 16.3. The number of carbonyl (C=O) groups is 1. The molecule has 0 aliphatic rings. The molecule has 0 aliphatic heterocycles. The number of nitrogens with one attached hydrogen (secondary N) is 2. The van der Waals surface area contributed by atoms with E-state index in [0.29, 0.717) is 6.42 Å². The second-order valence-corrected chi connectivity index (χ2v) is 7.99. The summed E-state index contributed by atoms with van der Waals surface area (Å²) in [6, 6.07) is 14.5. The first-order chi connectivity index (χ1) is 13.3. The predicted molar refractivity (Wildman–Crippen MR) is 105 cm³/mol. The van der Waals surface area contributed by atoms with E-state index in [2.05, 4.69) is 10.0 Å². The van der Waals surface area contributed by atoms with Crippen molar-refractivity contribution in [3.05, 3.63) is 70.3 Å². The molecule has 1 unspecified atom stereocenters. The van der Waals surface area contributed by atoms with Gasteiger partial charge in [0.2, 0.25) is 15.9 Å². The fourth-order valence-electron chi connectivity index (χ4n) is 2.75. The Morgan fingerprint density at radius 1 is 1.11 bits per heavy atom. The van der Waals surface area contributed by atoms with E-state index in [1.807, 2.05) is 37.3 Å². The minimum absolute atomic E-state index is 0.0150. The number of nitro groups is 1. The van der Waals surface area contributed by atoms with Crippen molar-refractivity contribution in [1.29, 1.82) is 0 Å². The van der Waals surface area contributed by atoms with E-state index in [9.17, 15) is 23.3 Å². The first kappa shape index (κ1) is 21.5. The Bertz CT molecular complexity index is 916. The lowest BCUT2D eigenvalue weighted by Crippen LogP contribution is -2.35. The summed E-state index contributed by atoms with van der Waals surface area (Å²) in [5, 5.41) is 13.5. The summed E-state index contributed by atoms with van der Waals surface area (Å²) < 4.78 is 26.8.